The molecule has 1 amide bonds. The number of nitrogens with one attached hydrogen (secondary N) is 1. The highest BCUT2D eigenvalue weighted by Crippen LogP contribution is 2.18. The maximum atomic E-state index is 12.0. The number of para-hydroxylation sites is 1. The van der Waals surface area contributed by atoms with Crippen LogP contribution in [0.2, 0.25) is 0 Å². The van der Waals surface area contributed by atoms with E-state index in [4.69, 9.17) is 14.6 Å². The summed E-state index contributed by atoms with van der Waals surface area (Å²) in [6, 6.07) is 14.1. The van der Waals surface area contributed by atoms with Crippen molar-refractivity contribution < 1.29 is 24.2 Å². The molecule has 0 saturated carbocycles. The third-order valence-corrected chi connectivity index (χ3v) is 3.51. The van der Waals surface area contributed by atoms with E-state index in [-0.39, 0.29) is 18.7 Å². The van der Waals surface area contributed by atoms with Gasteiger partial charge in [0.2, 0.25) is 5.91 Å². The lowest BCUT2D eigenvalue weighted by molar-refractivity contribution is -0.136. The Kier molecular flexibility index (Phi) is 6.83. The van der Waals surface area contributed by atoms with Crippen molar-refractivity contribution in [1.29, 1.82) is 0 Å². The Balaban J connectivity index is 1.76. The average molecular weight is 343 g/mol. The van der Waals surface area contributed by atoms with Crippen molar-refractivity contribution in [2.24, 2.45) is 0 Å². The van der Waals surface area contributed by atoms with E-state index in [0.717, 1.165) is 5.75 Å². The fourth-order valence-corrected chi connectivity index (χ4v) is 2.27. The first kappa shape index (κ1) is 18.3. The Bertz CT molecular complexity index is 712. The van der Waals surface area contributed by atoms with E-state index >= 15 is 0 Å². The fourth-order valence-electron chi connectivity index (χ4n) is 2.27. The molecule has 0 atom stereocenters. The Morgan fingerprint density at radius 3 is 2.40 bits per heavy atom. The van der Waals surface area contributed by atoms with Gasteiger partial charge in [-0.05, 0) is 42.3 Å². The van der Waals surface area contributed by atoms with Gasteiger partial charge in [-0.25, -0.2) is 0 Å². The van der Waals surface area contributed by atoms with Gasteiger partial charge in [-0.3, -0.25) is 9.59 Å². The Hall–Kier alpha value is -3.02. The molecular formula is C19H21NO5. The van der Waals surface area contributed by atoms with Crippen molar-refractivity contribution in [1.82, 2.24) is 0 Å². The molecule has 0 aromatic heterocycles. The second-order valence-electron chi connectivity index (χ2n) is 5.40. The summed E-state index contributed by atoms with van der Waals surface area (Å²) in [5.74, 6) is 0.366. The van der Waals surface area contributed by atoms with E-state index in [1.165, 1.54) is 0 Å². The van der Waals surface area contributed by atoms with Crippen LogP contribution in [-0.4, -0.2) is 30.7 Å². The standard InChI is InChI=1S/C19H21NO5/c1-24-15-8-10-16(11-9-15)25-12-4-7-18(21)20-17-6-3-2-5-14(17)13-19(22)23/h2-3,5-6,8-11H,4,7,12-13H2,1H3,(H,20,21)(H,22,23). The molecule has 2 aromatic carbocycles. The molecule has 2 aromatic rings. The number of aliphatic carboxylic acids is 1. The van der Waals surface area contributed by atoms with Gasteiger partial charge in [-0.2, -0.15) is 0 Å². The summed E-state index contributed by atoms with van der Waals surface area (Å²) < 4.78 is 10.6. The number of amides is 1. The second kappa shape index (κ2) is 9.32. The number of benzene rings is 2. The zero-order valence-electron chi connectivity index (χ0n) is 14.0. The molecule has 0 saturated heterocycles. The molecule has 0 unspecified atom stereocenters. The largest absolute Gasteiger partial charge is 0.497 e. The van der Waals surface area contributed by atoms with E-state index in [1.807, 2.05) is 0 Å². The maximum absolute atomic E-state index is 12.0. The fraction of sp³-hybridized carbons (Fsp3) is 0.263. The lowest BCUT2D eigenvalue weighted by Gasteiger charge is -2.10. The van der Waals surface area contributed by atoms with Gasteiger partial charge >= 0.3 is 5.97 Å². The van der Waals surface area contributed by atoms with Crippen LogP contribution in [-0.2, 0) is 16.0 Å². The zero-order chi connectivity index (χ0) is 18.1. The molecule has 0 fully saturated rings. The minimum atomic E-state index is -0.936. The van der Waals surface area contributed by atoms with E-state index in [9.17, 15) is 9.59 Å². The normalized spacial score (nSPS) is 10.1. The Labute approximate surface area is 146 Å². The van der Waals surface area contributed by atoms with Crippen molar-refractivity contribution >= 4 is 17.6 Å². The highest BCUT2D eigenvalue weighted by molar-refractivity contribution is 5.92. The van der Waals surface area contributed by atoms with Gasteiger partial charge in [-0.1, -0.05) is 18.2 Å². The molecule has 0 aliphatic rings. The second-order valence-corrected chi connectivity index (χ2v) is 5.40. The first-order valence-corrected chi connectivity index (χ1v) is 7.95. The number of carboxylic acids is 1. The molecule has 0 heterocycles. The maximum Gasteiger partial charge on any atom is 0.307 e. The SMILES string of the molecule is COc1ccc(OCCCC(=O)Nc2ccccc2CC(=O)O)cc1. The molecule has 132 valence electrons. The molecule has 0 aliphatic heterocycles. The van der Waals surface area contributed by atoms with Gasteiger partial charge < -0.3 is 19.9 Å². The van der Waals surface area contributed by atoms with E-state index in [0.29, 0.717) is 30.0 Å². The number of rotatable bonds is 9. The van der Waals surface area contributed by atoms with Gasteiger partial charge in [0, 0.05) is 12.1 Å². The molecule has 0 bridgehead atoms. The summed E-state index contributed by atoms with van der Waals surface area (Å²) in [4.78, 5) is 22.9. The number of ether oxygens (including phenoxy) is 2. The summed E-state index contributed by atoms with van der Waals surface area (Å²) in [6.07, 6.45) is 0.716. The first-order valence-electron chi connectivity index (χ1n) is 7.95. The van der Waals surface area contributed by atoms with E-state index < -0.39 is 5.97 Å². The van der Waals surface area contributed by atoms with Gasteiger partial charge in [-0.15, -0.1) is 0 Å². The third kappa shape index (κ3) is 6.18. The number of methoxy groups -OCH3 is 1. The van der Waals surface area contributed by atoms with Gasteiger partial charge in [0.15, 0.2) is 0 Å². The lowest BCUT2D eigenvalue weighted by Crippen LogP contribution is -2.15. The third-order valence-electron chi connectivity index (χ3n) is 3.51. The van der Waals surface area contributed by atoms with Crippen molar-refractivity contribution in [2.75, 3.05) is 19.0 Å². The number of carbonyl (C=O) groups excluding carboxylic acids is 1. The summed E-state index contributed by atoms with van der Waals surface area (Å²) in [6.45, 7) is 0.413. The van der Waals surface area contributed by atoms with Crippen molar-refractivity contribution in [3.63, 3.8) is 0 Å². The monoisotopic (exact) mass is 343 g/mol. The van der Waals surface area contributed by atoms with Gasteiger partial charge in [0.05, 0.1) is 20.1 Å². The van der Waals surface area contributed by atoms with Crippen LogP contribution in [0.5, 0.6) is 11.5 Å². The first-order chi connectivity index (χ1) is 12.1. The summed E-state index contributed by atoms with van der Waals surface area (Å²) in [7, 11) is 1.60. The smallest absolute Gasteiger partial charge is 0.307 e. The predicted molar refractivity (Wildman–Crippen MR) is 94.1 cm³/mol. The highest BCUT2D eigenvalue weighted by Gasteiger charge is 2.09. The molecule has 6 heteroatoms. The molecule has 0 aliphatic carbocycles. The number of hydrogen-bond acceptors (Lipinski definition) is 4. The Morgan fingerprint density at radius 1 is 1.04 bits per heavy atom. The van der Waals surface area contributed by atoms with Crippen LogP contribution in [0.1, 0.15) is 18.4 Å². The molecule has 6 nitrogen and oxygen atoms in total. The zero-order valence-corrected chi connectivity index (χ0v) is 14.0. The highest BCUT2D eigenvalue weighted by atomic mass is 16.5. The van der Waals surface area contributed by atoms with Gasteiger partial charge in [0.1, 0.15) is 11.5 Å². The number of carboxylic acid groups (broad SMARTS) is 1. The molecule has 2 rings (SSSR count). The van der Waals surface area contributed by atoms with Crippen molar-refractivity contribution in [2.45, 2.75) is 19.3 Å². The summed E-state index contributed by atoms with van der Waals surface area (Å²) in [5, 5.41) is 11.7. The van der Waals surface area contributed by atoms with Crippen molar-refractivity contribution in [3.8, 4) is 11.5 Å². The lowest BCUT2D eigenvalue weighted by atomic mass is 10.1. The Morgan fingerprint density at radius 2 is 1.72 bits per heavy atom. The molecule has 0 radical (unpaired) electrons. The van der Waals surface area contributed by atoms with Crippen LogP contribution in [0, 0.1) is 0 Å². The molecular weight excluding hydrogens is 322 g/mol. The summed E-state index contributed by atoms with van der Waals surface area (Å²) in [5.41, 5.74) is 1.11. The van der Waals surface area contributed by atoms with Crippen LogP contribution in [0.15, 0.2) is 48.5 Å². The molecule has 25 heavy (non-hydrogen) atoms. The predicted octanol–water partition coefficient (Wildman–Crippen LogP) is 3.12. The van der Waals surface area contributed by atoms with Crippen LogP contribution in [0.3, 0.4) is 0 Å². The van der Waals surface area contributed by atoms with Crippen LogP contribution >= 0.6 is 0 Å². The topological polar surface area (TPSA) is 84.9 Å². The average Bonchev–Trinajstić information content (AvgIpc) is 2.60. The minimum absolute atomic E-state index is 0.128. The molecule has 2 N–H and O–H groups in total. The molecule has 0 spiro atoms. The van der Waals surface area contributed by atoms with E-state index in [2.05, 4.69) is 5.32 Å². The summed E-state index contributed by atoms with van der Waals surface area (Å²) >= 11 is 0. The van der Waals surface area contributed by atoms with Crippen LogP contribution < -0.4 is 14.8 Å². The van der Waals surface area contributed by atoms with Gasteiger partial charge in [0.25, 0.3) is 0 Å². The van der Waals surface area contributed by atoms with Crippen LogP contribution in [0.4, 0.5) is 5.69 Å². The minimum Gasteiger partial charge on any atom is -0.497 e. The van der Waals surface area contributed by atoms with E-state index in [1.54, 1.807) is 55.6 Å². The van der Waals surface area contributed by atoms with Crippen LogP contribution in [0.25, 0.3) is 0 Å². The number of hydrogen-bond donors (Lipinski definition) is 2. The quantitative estimate of drug-likeness (QED) is 0.683. The number of anilines is 1. The van der Waals surface area contributed by atoms with Crippen molar-refractivity contribution in [3.05, 3.63) is 54.1 Å². The number of carbonyl (C=O) groups is 2.